The summed E-state index contributed by atoms with van der Waals surface area (Å²) in [6.45, 7) is 2.33. The quantitative estimate of drug-likeness (QED) is 0.657. The van der Waals surface area contributed by atoms with Crippen LogP contribution in [0.2, 0.25) is 0 Å². The van der Waals surface area contributed by atoms with Crippen molar-refractivity contribution in [2.45, 2.75) is 19.3 Å². The summed E-state index contributed by atoms with van der Waals surface area (Å²) < 4.78 is 5.24. The largest absolute Gasteiger partial charge is 0.378 e. The van der Waals surface area contributed by atoms with Crippen molar-refractivity contribution >= 4 is 5.91 Å². The molecule has 1 amide bonds. The van der Waals surface area contributed by atoms with Gasteiger partial charge in [-0.2, -0.15) is 0 Å². The van der Waals surface area contributed by atoms with Gasteiger partial charge in [0.25, 0.3) is 0 Å². The predicted molar refractivity (Wildman–Crippen MR) is 64.2 cm³/mol. The highest BCUT2D eigenvalue weighted by atomic mass is 16.5. The summed E-state index contributed by atoms with van der Waals surface area (Å²) >= 11 is 0. The number of amides is 1. The number of carbonyl (C=O) groups excluding carboxylic acids is 1. The molecule has 0 aromatic carbocycles. The number of hydrogen-bond donors (Lipinski definition) is 2. The fourth-order valence-corrected chi connectivity index (χ4v) is 4.23. The van der Waals surface area contributed by atoms with Crippen molar-refractivity contribution in [3.05, 3.63) is 0 Å². The molecule has 4 atom stereocenters. The summed E-state index contributed by atoms with van der Waals surface area (Å²) in [6.07, 6.45) is 4.14. The molecule has 0 aromatic rings. The Labute approximate surface area is 102 Å². The normalized spacial score (nSPS) is 41.4. The van der Waals surface area contributed by atoms with Crippen LogP contribution in [0.25, 0.3) is 0 Å². The lowest BCUT2D eigenvalue weighted by Crippen LogP contribution is -2.31. The number of fused-ring (bicyclic) bond motifs is 5. The molecule has 3 aliphatic rings. The van der Waals surface area contributed by atoms with E-state index in [-0.39, 0.29) is 5.91 Å². The Bertz CT molecular complexity index is 292. The van der Waals surface area contributed by atoms with Crippen LogP contribution in [-0.2, 0) is 9.53 Å². The van der Waals surface area contributed by atoms with Gasteiger partial charge in [0.2, 0.25) is 5.91 Å². The molecule has 0 aromatic heterocycles. The SMILES string of the molecule is NCCOCCNC(=O)C1C2C3CCC(C3)C12. The lowest BCUT2D eigenvalue weighted by Gasteiger charge is -2.09. The van der Waals surface area contributed by atoms with Gasteiger partial charge in [0, 0.05) is 19.0 Å². The highest BCUT2D eigenvalue weighted by Gasteiger charge is 2.67. The van der Waals surface area contributed by atoms with Gasteiger partial charge in [0.15, 0.2) is 0 Å². The van der Waals surface area contributed by atoms with Crippen LogP contribution >= 0.6 is 0 Å². The smallest absolute Gasteiger partial charge is 0.223 e. The minimum atomic E-state index is 0.271. The molecule has 3 N–H and O–H groups in total. The Morgan fingerprint density at radius 2 is 1.94 bits per heavy atom. The van der Waals surface area contributed by atoms with E-state index in [2.05, 4.69) is 5.32 Å². The maximum Gasteiger partial charge on any atom is 0.223 e. The summed E-state index contributed by atoms with van der Waals surface area (Å²) in [7, 11) is 0. The fourth-order valence-electron chi connectivity index (χ4n) is 4.23. The topological polar surface area (TPSA) is 64.3 Å². The van der Waals surface area contributed by atoms with Gasteiger partial charge in [-0.05, 0) is 42.9 Å². The second-order valence-corrected chi connectivity index (χ2v) is 5.71. The average Bonchev–Trinajstić information content (AvgIpc) is 2.78. The first-order valence-electron chi connectivity index (χ1n) is 6.88. The second-order valence-electron chi connectivity index (χ2n) is 5.71. The van der Waals surface area contributed by atoms with Crippen LogP contribution < -0.4 is 11.1 Å². The average molecular weight is 238 g/mol. The first-order valence-corrected chi connectivity index (χ1v) is 6.88. The molecule has 96 valence electrons. The lowest BCUT2D eigenvalue weighted by atomic mass is 10.0. The third-order valence-corrected chi connectivity index (χ3v) is 4.85. The molecule has 0 radical (unpaired) electrons. The first kappa shape index (κ1) is 11.5. The van der Waals surface area contributed by atoms with Gasteiger partial charge in [0.1, 0.15) is 0 Å². The Balaban J connectivity index is 1.38. The molecule has 0 saturated heterocycles. The summed E-state index contributed by atoms with van der Waals surface area (Å²) in [5.41, 5.74) is 5.32. The Kier molecular flexibility index (Phi) is 3.09. The van der Waals surface area contributed by atoms with Gasteiger partial charge >= 0.3 is 0 Å². The van der Waals surface area contributed by atoms with Crippen molar-refractivity contribution in [1.29, 1.82) is 0 Å². The van der Waals surface area contributed by atoms with Gasteiger partial charge in [-0.15, -0.1) is 0 Å². The maximum absolute atomic E-state index is 12.0. The molecule has 2 bridgehead atoms. The molecule has 0 heterocycles. The number of rotatable bonds is 6. The van der Waals surface area contributed by atoms with Gasteiger partial charge < -0.3 is 15.8 Å². The number of carbonyl (C=O) groups is 1. The number of nitrogens with two attached hydrogens (primary N) is 1. The highest BCUT2D eigenvalue weighted by Crippen LogP contribution is 2.69. The zero-order valence-corrected chi connectivity index (χ0v) is 10.2. The van der Waals surface area contributed by atoms with Gasteiger partial charge in [0.05, 0.1) is 13.2 Å². The molecular formula is C13H22N2O2. The third kappa shape index (κ3) is 1.97. The third-order valence-electron chi connectivity index (χ3n) is 4.85. The van der Waals surface area contributed by atoms with E-state index in [9.17, 15) is 4.79 Å². The van der Waals surface area contributed by atoms with Crippen LogP contribution in [-0.4, -0.2) is 32.2 Å². The Morgan fingerprint density at radius 3 is 2.59 bits per heavy atom. The van der Waals surface area contributed by atoms with E-state index in [1.54, 1.807) is 0 Å². The van der Waals surface area contributed by atoms with E-state index in [0.29, 0.717) is 32.2 Å². The zero-order chi connectivity index (χ0) is 11.8. The molecule has 3 rings (SSSR count). The van der Waals surface area contributed by atoms with E-state index in [1.165, 1.54) is 19.3 Å². The van der Waals surface area contributed by atoms with Crippen molar-refractivity contribution in [3.63, 3.8) is 0 Å². The molecule has 3 fully saturated rings. The van der Waals surface area contributed by atoms with Gasteiger partial charge in [-0.1, -0.05) is 0 Å². The number of hydrogen-bond acceptors (Lipinski definition) is 3. The van der Waals surface area contributed by atoms with E-state index in [4.69, 9.17) is 10.5 Å². The van der Waals surface area contributed by atoms with Gasteiger partial charge in [-0.25, -0.2) is 0 Å². The van der Waals surface area contributed by atoms with Crippen LogP contribution in [0.15, 0.2) is 0 Å². The first-order chi connectivity index (χ1) is 8.33. The fraction of sp³-hybridized carbons (Fsp3) is 0.923. The van der Waals surface area contributed by atoms with E-state index in [0.717, 1.165) is 23.7 Å². The van der Waals surface area contributed by atoms with Crippen molar-refractivity contribution in [2.24, 2.45) is 35.3 Å². The zero-order valence-electron chi connectivity index (χ0n) is 10.2. The Hall–Kier alpha value is -0.610. The lowest BCUT2D eigenvalue weighted by molar-refractivity contribution is -0.123. The van der Waals surface area contributed by atoms with E-state index < -0.39 is 0 Å². The second kappa shape index (κ2) is 4.58. The number of nitrogens with one attached hydrogen (secondary N) is 1. The van der Waals surface area contributed by atoms with Crippen LogP contribution in [0.4, 0.5) is 0 Å². The minimum absolute atomic E-state index is 0.271. The summed E-state index contributed by atoms with van der Waals surface area (Å²) in [5, 5.41) is 3.00. The Morgan fingerprint density at radius 1 is 1.24 bits per heavy atom. The molecular weight excluding hydrogens is 216 g/mol. The van der Waals surface area contributed by atoms with Crippen LogP contribution in [0.3, 0.4) is 0 Å². The van der Waals surface area contributed by atoms with Crippen molar-refractivity contribution in [2.75, 3.05) is 26.3 Å². The van der Waals surface area contributed by atoms with Crippen LogP contribution in [0.1, 0.15) is 19.3 Å². The molecule has 0 spiro atoms. The molecule has 3 aliphatic carbocycles. The standard InChI is InChI=1S/C13H22N2O2/c14-3-5-17-6-4-15-13(16)12-10-8-1-2-9(7-8)11(10)12/h8-12H,1-7,14H2,(H,15,16). The van der Waals surface area contributed by atoms with E-state index >= 15 is 0 Å². The van der Waals surface area contributed by atoms with Crippen LogP contribution in [0.5, 0.6) is 0 Å². The molecule has 0 aliphatic heterocycles. The van der Waals surface area contributed by atoms with Crippen LogP contribution in [0, 0.1) is 29.6 Å². The van der Waals surface area contributed by atoms with Crippen molar-refractivity contribution in [1.82, 2.24) is 5.32 Å². The molecule has 4 nitrogen and oxygen atoms in total. The summed E-state index contributed by atoms with van der Waals surface area (Å²) in [5.74, 6) is 3.82. The maximum atomic E-state index is 12.0. The molecule has 3 saturated carbocycles. The summed E-state index contributed by atoms with van der Waals surface area (Å²) in [6, 6.07) is 0. The van der Waals surface area contributed by atoms with Gasteiger partial charge in [-0.3, -0.25) is 4.79 Å². The monoisotopic (exact) mass is 238 g/mol. The van der Waals surface area contributed by atoms with Crippen molar-refractivity contribution in [3.8, 4) is 0 Å². The van der Waals surface area contributed by atoms with Crippen molar-refractivity contribution < 1.29 is 9.53 Å². The number of ether oxygens (including phenoxy) is 1. The minimum Gasteiger partial charge on any atom is -0.378 e. The molecule has 4 unspecified atom stereocenters. The molecule has 4 heteroatoms. The highest BCUT2D eigenvalue weighted by molar-refractivity contribution is 5.82. The predicted octanol–water partition coefficient (Wildman–Crippen LogP) is 0.370. The molecule has 17 heavy (non-hydrogen) atoms. The summed E-state index contributed by atoms with van der Waals surface area (Å²) in [4.78, 5) is 12.0. The van der Waals surface area contributed by atoms with E-state index in [1.807, 2.05) is 0 Å².